The lowest BCUT2D eigenvalue weighted by atomic mass is 10.1. The smallest absolute Gasteiger partial charge is 0.223 e. The van der Waals surface area contributed by atoms with Crippen molar-refractivity contribution < 1.29 is 0 Å². The van der Waals surface area contributed by atoms with Crippen molar-refractivity contribution in [2.24, 2.45) is 0 Å². The molecule has 0 aliphatic rings. The van der Waals surface area contributed by atoms with Gasteiger partial charge in [0.2, 0.25) is 5.95 Å². The average Bonchev–Trinajstić information content (AvgIpc) is 2.47. The zero-order valence-corrected chi connectivity index (χ0v) is 12.5. The van der Waals surface area contributed by atoms with E-state index >= 15 is 0 Å². The van der Waals surface area contributed by atoms with Crippen LogP contribution in [0.3, 0.4) is 0 Å². The molecule has 3 rings (SSSR count). The van der Waals surface area contributed by atoms with Crippen molar-refractivity contribution in [1.29, 1.82) is 0 Å². The minimum Gasteiger partial charge on any atom is -0.370 e. The molecule has 0 fully saturated rings. The van der Waals surface area contributed by atoms with Crippen molar-refractivity contribution in [1.82, 2.24) is 9.97 Å². The average molecular weight is 296 g/mol. The third-order valence-electron chi connectivity index (χ3n) is 3.02. The van der Waals surface area contributed by atoms with E-state index in [2.05, 4.69) is 45.6 Å². The van der Waals surface area contributed by atoms with E-state index in [9.17, 15) is 0 Å². The predicted octanol–water partition coefficient (Wildman–Crippen LogP) is 3.80. The maximum absolute atomic E-state index is 5.76. The van der Waals surface area contributed by atoms with Gasteiger partial charge in [-0.15, -0.1) is 0 Å². The van der Waals surface area contributed by atoms with Gasteiger partial charge in [0.15, 0.2) is 0 Å². The lowest BCUT2D eigenvalue weighted by Crippen LogP contribution is -2.03. The van der Waals surface area contributed by atoms with Crippen molar-refractivity contribution >= 4 is 34.3 Å². The Balaban J connectivity index is 1.90. The molecule has 5 heteroatoms. The molecule has 0 atom stereocenters. The van der Waals surface area contributed by atoms with Gasteiger partial charge in [-0.25, -0.2) is 4.98 Å². The monoisotopic (exact) mass is 296 g/mol. The highest BCUT2D eigenvalue weighted by Crippen LogP contribution is 2.30. The zero-order chi connectivity index (χ0) is 14.7. The Morgan fingerprint density at radius 2 is 1.86 bits per heavy atom. The van der Waals surface area contributed by atoms with E-state index in [4.69, 9.17) is 5.73 Å². The van der Waals surface area contributed by atoms with E-state index in [-0.39, 0.29) is 5.95 Å². The number of fused-ring (bicyclic) bond motifs is 1. The van der Waals surface area contributed by atoms with Crippen molar-refractivity contribution in [2.75, 3.05) is 17.6 Å². The molecule has 0 spiro atoms. The summed E-state index contributed by atoms with van der Waals surface area (Å²) in [4.78, 5) is 9.57. The molecule has 3 aromatic rings. The summed E-state index contributed by atoms with van der Waals surface area (Å²) in [7, 11) is 0. The summed E-state index contributed by atoms with van der Waals surface area (Å²) in [5, 5.41) is 6.45. The summed E-state index contributed by atoms with van der Waals surface area (Å²) in [5.74, 6) is 1.05. The van der Waals surface area contributed by atoms with Crippen LogP contribution in [0.5, 0.6) is 0 Å². The van der Waals surface area contributed by atoms with E-state index in [0.29, 0.717) is 0 Å². The maximum atomic E-state index is 5.76. The lowest BCUT2D eigenvalue weighted by Gasteiger charge is -2.07. The first-order chi connectivity index (χ1) is 10.2. The maximum Gasteiger partial charge on any atom is 0.223 e. The molecule has 3 N–H and O–H groups in total. The van der Waals surface area contributed by atoms with Gasteiger partial charge >= 0.3 is 0 Å². The fraction of sp³-hybridized carbons (Fsp3) is 0.125. The van der Waals surface area contributed by atoms with Crippen molar-refractivity contribution in [3.8, 4) is 0 Å². The molecule has 1 aromatic heterocycles. The topological polar surface area (TPSA) is 63.8 Å². The Hall–Kier alpha value is -2.27. The van der Waals surface area contributed by atoms with Crippen LogP contribution < -0.4 is 11.1 Å². The SMILES string of the molecule is CCNc1cc(Sc2ccc3ccccc3c2)nc(N)n1. The molecule has 0 unspecified atom stereocenters. The Bertz CT molecular complexity index is 773. The first-order valence-corrected chi connectivity index (χ1v) is 7.61. The minimum absolute atomic E-state index is 0.289. The van der Waals surface area contributed by atoms with E-state index in [1.807, 2.05) is 25.1 Å². The van der Waals surface area contributed by atoms with Crippen LogP contribution in [-0.2, 0) is 0 Å². The van der Waals surface area contributed by atoms with E-state index < -0.39 is 0 Å². The third kappa shape index (κ3) is 3.25. The van der Waals surface area contributed by atoms with Crippen LogP contribution in [0.4, 0.5) is 11.8 Å². The largest absolute Gasteiger partial charge is 0.370 e. The van der Waals surface area contributed by atoms with Crippen LogP contribution in [0.1, 0.15) is 6.92 Å². The van der Waals surface area contributed by atoms with Crippen LogP contribution in [0.2, 0.25) is 0 Å². The van der Waals surface area contributed by atoms with E-state index in [1.54, 1.807) is 11.8 Å². The van der Waals surface area contributed by atoms with Crippen molar-refractivity contribution in [2.45, 2.75) is 16.8 Å². The van der Waals surface area contributed by atoms with Crippen LogP contribution in [-0.4, -0.2) is 16.5 Å². The van der Waals surface area contributed by atoms with Gasteiger partial charge in [-0.2, -0.15) is 4.98 Å². The minimum atomic E-state index is 0.289. The number of benzene rings is 2. The molecule has 21 heavy (non-hydrogen) atoms. The molecule has 1 heterocycles. The second kappa shape index (κ2) is 6.01. The highest BCUT2D eigenvalue weighted by molar-refractivity contribution is 7.99. The van der Waals surface area contributed by atoms with Crippen molar-refractivity contribution in [3.63, 3.8) is 0 Å². The third-order valence-corrected chi connectivity index (χ3v) is 3.93. The Morgan fingerprint density at radius 3 is 2.67 bits per heavy atom. The van der Waals surface area contributed by atoms with Crippen LogP contribution >= 0.6 is 11.8 Å². The van der Waals surface area contributed by atoms with Gasteiger partial charge in [0.1, 0.15) is 10.8 Å². The number of nitrogen functional groups attached to an aromatic ring is 1. The first kappa shape index (κ1) is 13.7. The van der Waals surface area contributed by atoms with Gasteiger partial charge in [0, 0.05) is 17.5 Å². The summed E-state index contributed by atoms with van der Waals surface area (Å²) in [5.41, 5.74) is 5.76. The molecular formula is C16H16N4S. The van der Waals surface area contributed by atoms with E-state index in [1.165, 1.54) is 10.8 Å². The molecule has 0 aliphatic carbocycles. The second-order valence-electron chi connectivity index (χ2n) is 4.59. The number of aromatic nitrogens is 2. The van der Waals surface area contributed by atoms with Gasteiger partial charge in [0.05, 0.1) is 0 Å². The molecule has 4 nitrogen and oxygen atoms in total. The zero-order valence-electron chi connectivity index (χ0n) is 11.7. The Morgan fingerprint density at radius 1 is 1.05 bits per heavy atom. The van der Waals surface area contributed by atoms with Gasteiger partial charge in [0.25, 0.3) is 0 Å². The number of nitrogens with two attached hydrogens (primary N) is 1. The molecular weight excluding hydrogens is 280 g/mol. The van der Waals surface area contributed by atoms with Gasteiger partial charge < -0.3 is 11.1 Å². The quantitative estimate of drug-likeness (QED) is 0.717. The lowest BCUT2D eigenvalue weighted by molar-refractivity contribution is 1.04. The normalized spacial score (nSPS) is 10.7. The molecule has 0 radical (unpaired) electrons. The number of hydrogen-bond acceptors (Lipinski definition) is 5. The number of nitrogens with zero attached hydrogens (tertiary/aromatic N) is 2. The van der Waals surface area contributed by atoms with Gasteiger partial charge in [-0.05, 0) is 29.8 Å². The summed E-state index contributed by atoms with van der Waals surface area (Å²) in [6.07, 6.45) is 0. The fourth-order valence-electron chi connectivity index (χ4n) is 2.12. The highest BCUT2D eigenvalue weighted by atomic mass is 32.2. The molecule has 106 valence electrons. The Kier molecular flexibility index (Phi) is 3.92. The molecule has 0 aliphatic heterocycles. The molecule has 0 saturated heterocycles. The van der Waals surface area contributed by atoms with Gasteiger partial charge in [-0.3, -0.25) is 0 Å². The number of hydrogen-bond donors (Lipinski definition) is 2. The van der Waals surface area contributed by atoms with Crippen LogP contribution in [0.15, 0.2) is 58.5 Å². The fourth-order valence-corrected chi connectivity index (χ4v) is 2.99. The summed E-state index contributed by atoms with van der Waals surface area (Å²) in [6, 6.07) is 16.6. The Labute approximate surface area is 127 Å². The highest BCUT2D eigenvalue weighted by Gasteiger charge is 2.05. The number of rotatable bonds is 4. The van der Waals surface area contributed by atoms with E-state index in [0.717, 1.165) is 22.3 Å². The van der Waals surface area contributed by atoms with Gasteiger partial charge in [-0.1, -0.05) is 42.1 Å². The first-order valence-electron chi connectivity index (χ1n) is 6.79. The number of nitrogens with one attached hydrogen (secondary N) is 1. The standard InChI is InChI=1S/C16H16N4S/c1-2-18-14-10-15(20-16(17)19-14)21-13-8-7-11-5-3-4-6-12(11)9-13/h3-10H,2H2,1H3,(H3,17,18,19,20). The summed E-state index contributed by atoms with van der Waals surface area (Å²) >= 11 is 1.59. The van der Waals surface area contributed by atoms with Crippen LogP contribution in [0.25, 0.3) is 10.8 Å². The second-order valence-corrected chi connectivity index (χ2v) is 5.68. The molecule has 0 saturated carbocycles. The molecule has 0 bridgehead atoms. The number of anilines is 2. The predicted molar refractivity (Wildman–Crippen MR) is 88.7 cm³/mol. The summed E-state index contributed by atoms with van der Waals surface area (Å²) in [6.45, 7) is 2.82. The molecule has 2 aromatic carbocycles. The molecule has 0 amide bonds. The summed E-state index contributed by atoms with van der Waals surface area (Å²) < 4.78 is 0. The van der Waals surface area contributed by atoms with Crippen molar-refractivity contribution in [3.05, 3.63) is 48.5 Å². The van der Waals surface area contributed by atoms with Crippen LogP contribution in [0, 0.1) is 0 Å².